The number of aliphatic hydroxyl groups is 1. The normalized spacial score (nSPS) is 21.5. The quantitative estimate of drug-likeness (QED) is 0.654. The van der Waals surface area contributed by atoms with Gasteiger partial charge in [0, 0.05) is 43.0 Å². The maximum absolute atomic E-state index is 10.2. The molecule has 1 aromatic carbocycles. The van der Waals surface area contributed by atoms with Crippen molar-refractivity contribution >= 4 is 27.4 Å². The van der Waals surface area contributed by atoms with Crippen LogP contribution in [0.25, 0.3) is 21.3 Å². The molecule has 2 saturated heterocycles. The standard InChI is InChI=1S/C24H30N4O2S/c1-17(29)19-8-5-9-28(14-19)23-22-20(18-6-3-2-4-7-18)16-31-24(22)26-21(25-23)15-27-10-12-30-13-11-27/h2-4,6-7,16-17,19,29H,5,8-15H2,1H3. The van der Waals surface area contributed by atoms with E-state index in [9.17, 15) is 5.11 Å². The third-order valence-corrected chi connectivity index (χ3v) is 7.33. The zero-order valence-electron chi connectivity index (χ0n) is 18.0. The predicted molar refractivity (Wildman–Crippen MR) is 126 cm³/mol. The average molecular weight is 439 g/mol. The van der Waals surface area contributed by atoms with Gasteiger partial charge in [-0.2, -0.15) is 0 Å². The van der Waals surface area contributed by atoms with E-state index in [1.165, 1.54) is 11.1 Å². The van der Waals surface area contributed by atoms with Crippen LogP contribution in [0, 0.1) is 5.92 Å². The van der Waals surface area contributed by atoms with E-state index in [1.807, 2.05) is 13.0 Å². The highest BCUT2D eigenvalue weighted by Crippen LogP contribution is 2.39. The first-order valence-electron chi connectivity index (χ1n) is 11.3. The zero-order chi connectivity index (χ0) is 21.2. The molecule has 2 unspecified atom stereocenters. The van der Waals surface area contributed by atoms with Crippen molar-refractivity contribution < 1.29 is 9.84 Å². The molecule has 3 aromatic rings. The summed E-state index contributed by atoms with van der Waals surface area (Å²) in [6.07, 6.45) is 1.84. The number of benzene rings is 1. The molecule has 4 heterocycles. The Morgan fingerprint density at radius 2 is 1.97 bits per heavy atom. The van der Waals surface area contributed by atoms with Gasteiger partial charge in [-0.3, -0.25) is 4.90 Å². The van der Waals surface area contributed by atoms with E-state index in [0.717, 1.165) is 80.6 Å². The van der Waals surface area contributed by atoms with Crippen molar-refractivity contribution in [1.82, 2.24) is 14.9 Å². The molecule has 2 aliphatic heterocycles. The maximum atomic E-state index is 10.2. The van der Waals surface area contributed by atoms with E-state index in [4.69, 9.17) is 14.7 Å². The van der Waals surface area contributed by atoms with Crippen LogP contribution in [-0.2, 0) is 11.3 Å². The molecule has 2 aromatic heterocycles. The minimum absolute atomic E-state index is 0.278. The predicted octanol–water partition coefficient (Wildman–Crippen LogP) is 3.79. The van der Waals surface area contributed by atoms with Gasteiger partial charge in [-0.15, -0.1) is 11.3 Å². The van der Waals surface area contributed by atoms with Gasteiger partial charge in [0.15, 0.2) is 0 Å². The molecule has 1 N–H and O–H groups in total. The lowest BCUT2D eigenvalue weighted by molar-refractivity contribution is 0.0331. The Bertz CT molecular complexity index is 1020. The average Bonchev–Trinajstić information content (AvgIpc) is 3.24. The van der Waals surface area contributed by atoms with Gasteiger partial charge < -0.3 is 14.7 Å². The minimum atomic E-state index is -0.302. The van der Waals surface area contributed by atoms with E-state index in [0.29, 0.717) is 0 Å². The number of thiophene rings is 1. The number of aromatic nitrogens is 2. The molecule has 0 aliphatic carbocycles. The third-order valence-electron chi connectivity index (χ3n) is 6.45. The highest BCUT2D eigenvalue weighted by atomic mass is 32.1. The van der Waals surface area contributed by atoms with E-state index < -0.39 is 0 Å². The van der Waals surface area contributed by atoms with Crippen molar-refractivity contribution in [1.29, 1.82) is 0 Å². The number of hydrogen-bond donors (Lipinski definition) is 1. The van der Waals surface area contributed by atoms with E-state index in [1.54, 1.807) is 11.3 Å². The number of aliphatic hydroxyl groups excluding tert-OH is 1. The van der Waals surface area contributed by atoms with E-state index in [2.05, 4.69) is 39.4 Å². The third kappa shape index (κ3) is 4.46. The monoisotopic (exact) mass is 438 g/mol. The van der Waals surface area contributed by atoms with Crippen LogP contribution in [0.4, 0.5) is 5.82 Å². The van der Waals surface area contributed by atoms with Crippen LogP contribution < -0.4 is 4.90 Å². The fraction of sp³-hybridized carbons (Fsp3) is 0.500. The number of rotatable bonds is 5. The van der Waals surface area contributed by atoms with Crippen molar-refractivity contribution in [3.63, 3.8) is 0 Å². The molecule has 2 fully saturated rings. The van der Waals surface area contributed by atoms with Crippen LogP contribution >= 0.6 is 11.3 Å². The first kappa shape index (κ1) is 20.8. The summed E-state index contributed by atoms with van der Waals surface area (Å²) in [7, 11) is 0. The molecule has 0 bridgehead atoms. The molecule has 31 heavy (non-hydrogen) atoms. The summed E-state index contributed by atoms with van der Waals surface area (Å²) in [4.78, 5) is 15.9. The second-order valence-electron chi connectivity index (χ2n) is 8.64. The molecule has 5 rings (SSSR count). The summed E-state index contributed by atoms with van der Waals surface area (Å²) in [6.45, 7) is 7.85. The molecule has 6 nitrogen and oxygen atoms in total. The van der Waals surface area contributed by atoms with Crippen LogP contribution in [-0.4, -0.2) is 65.5 Å². The summed E-state index contributed by atoms with van der Waals surface area (Å²) in [5, 5.41) is 13.6. The highest BCUT2D eigenvalue weighted by Gasteiger charge is 2.28. The summed E-state index contributed by atoms with van der Waals surface area (Å²) in [6, 6.07) is 10.5. The molecule has 0 spiro atoms. The van der Waals surface area contributed by atoms with E-state index in [-0.39, 0.29) is 12.0 Å². The second-order valence-corrected chi connectivity index (χ2v) is 9.49. The van der Waals surface area contributed by atoms with Gasteiger partial charge in [-0.05, 0) is 25.3 Å². The fourth-order valence-electron chi connectivity index (χ4n) is 4.65. The lowest BCUT2D eigenvalue weighted by Gasteiger charge is -2.35. The zero-order valence-corrected chi connectivity index (χ0v) is 18.9. The number of anilines is 1. The summed E-state index contributed by atoms with van der Waals surface area (Å²) >= 11 is 1.70. The van der Waals surface area contributed by atoms with Crippen molar-refractivity contribution in [3.05, 3.63) is 41.5 Å². The first-order valence-corrected chi connectivity index (χ1v) is 12.1. The number of morpholine rings is 1. The topological polar surface area (TPSA) is 61.7 Å². The SMILES string of the molecule is CC(O)C1CCCN(c2nc(CN3CCOCC3)nc3scc(-c4ccccc4)c23)C1. The molecule has 0 radical (unpaired) electrons. The number of fused-ring (bicyclic) bond motifs is 1. The van der Waals surface area contributed by atoms with Crippen LogP contribution in [0.1, 0.15) is 25.6 Å². The van der Waals surface area contributed by atoms with Gasteiger partial charge in [0.2, 0.25) is 0 Å². The molecule has 7 heteroatoms. The van der Waals surface area contributed by atoms with Crippen molar-refractivity contribution in [2.24, 2.45) is 5.92 Å². The van der Waals surface area contributed by atoms with Crippen LogP contribution in [0.2, 0.25) is 0 Å². The second kappa shape index (κ2) is 9.20. The van der Waals surface area contributed by atoms with Crippen molar-refractivity contribution in [2.75, 3.05) is 44.3 Å². The molecular weight excluding hydrogens is 408 g/mol. The Hall–Kier alpha value is -2.06. The van der Waals surface area contributed by atoms with Crippen molar-refractivity contribution in [2.45, 2.75) is 32.4 Å². The number of hydrogen-bond acceptors (Lipinski definition) is 7. The molecule has 0 saturated carbocycles. The number of ether oxygens (including phenoxy) is 1. The largest absolute Gasteiger partial charge is 0.393 e. The summed E-state index contributed by atoms with van der Waals surface area (Å²) in [5.74, 6) is 2.18. The Balaban J connectivity index is 1.57. The van der Waals surface area contributed by atoms with Gasteiger partial charge in [0.25, 0.3) is 0 Å². The van der Waals surface area contributed by atoms with Crippen LogP contribution in [0.3, 0.4) is 0 Å². The Morgan fingerprint density at radius 1 is 1.16 bits per heavy atom. The fourth-order valence-corrected chi connectivity index (χ4v) is 5.61. The number of piperidine rings is 1. The highest BCUT2D eigenvalue weighted by molar-refractivity contribution is 7.17. The molecule has 0 amide bonds. The Labute approximate surface area is 187 Å². The maximum Gasteiger partial charge on any atom is 0.146 e. The van der Waals surface area contributed by atoms with Gasteiger partial charge in [-0.1, -0.05) is 30.3 Å². The summed E-state index contributed by atoms with van der Waals surface area (Å²) < 4.78 is 5.50. The van der Waals surface area contributed by atoms with E-state index >= 15 is 0 Å². The smallest absolute Gasteiger partial charge is 0.146 e. The van der Waals surface area contributed by atoms with Gasteiger partial charge >= 0.3 is 0 Å². The van der Waals surface area contributed by atoms with Gasteiger partial charge in [-0.25, -0.2) is 9.97 Å². The van der Waals surface area contributed by atoms with Crippen molar-refractivity contribution in [3.8, 4) is 11.1 Å². The lowest BCUT2D eigenvalue weighted by atomic mass is 9.93. The van der Waals surface area contributed by atoms with Gasteiger partial charge in [0.1, 0.15) is 16.5 Å². The van der Waals surface area contributed by atoms with Crippen LogP contribution in [0.15, 0.2) is 35.7 Å². The van der Waals surface area contributed by atoms with Gasteiger partial charge in [0.05, 0.1) is 31.2 Å². The Kier molecular flexibility index (Phi) is 6.18. The Morgan fingerprint density at radius 3 is 2.74 bits per heavy atom. The minimum Gasteiger partial charge on any atom is -0.393 e. The molecule has 2 atom stereocenters. The lowest BCUT2D eigenvalue weighted by Crippen LogP contribution is -2.40. The summed E-state index contributed by atoms with van der Waals surface area (Å²) in [5.41, 5.74) is 2.40. The molecule has 2 aliphatic rings. The van der Waals surface area contributed by atoms with Crippen LogP contribution in [0.5, 0.6) is 0 Å². The molecule has 164 valence electrons. The molecular formula is C24H30N4O2S. The number of nitrogens with zero attached hydrogens (tertiary/aromatic N) is 4. The first-order chi connectivity index (χ1) is 15.2.